The summed E-state index contributed by atoms with van der Waals surface area (Å²) in [6.07, 6.45) is 9.15. The fourth-order valence-electron chi connectivity index (χ4n) is 2.42. The quantitative estimate of drug-likeness (QED) is 0.313. The molecule has 24 heavy (non-hydrogen) atoms. The van der Waals surface area contributed by atoms with Crippen molar-refractivity contribution in [3.8, 4) is 0 Å². The number of carboxylic acid groups (broad SMARTS) is 1. The molecular weight excluding hydrogens is 308 g/mol. The highest BCUT2D eigenvalue weighted by atomic mass is 16.4. The van der Waals surface area contributed by atoms with Crippen LogP contribution in [-0.2, 0) is 9.59 Å². The Morgan fingerprint density at radius 2 is 1.54 bits per heavy atom. The SMILES string of the molecule is CCCCCC(O)/C=C/C(O)C(=O)CCCCCCC(C)C(=O)O. The van der Waals surface area contributed by atoms with Crippen LogP contribution >= 0.6 is 0 Å². The molecule has 5 nitrogen and oxygen atoms in total. The molecule has 3 atom stereocenters. The number of aliphatic carboxylic acids is 1. The molecule has 0 aliphatic rings. The first-order valence-electron chi connectivity index (χ1n) is 9.18. The number of hydrogen-bond acceptors (Lipinski definition) is 4. The van der Waals surface area contributed by atoms with Crippen molar-refractivity contribution in [2.45, 2.75) is 90.3 Å². The third-order valence-corrected chi connectivity index (χ3v) is 4.18. The highest BCUT2D eigenvalue weighted by molar-refractivity contribution is 5.84. The van der Waals surface area contributed by atoms with Crippen LogP contribution in [0.4, 0.5) is 0 Å². The average molecular weight is 342 g/mol. The first-order valence-corrected chi connectivity index (χ1v) is 9.18. The van der Waals surface area contributed by atoms with Gasteiger partial charge in [-0.2, -0.15) is 0 Å². The molecule has 0 bridgehead atoms. The summed E-state index contributed by atoms with van der Waals surface area (Å²) in [6, 6.07) is 0. The lowest BCUT2D eigenvalue weighted by molar-refractivity contribution is -0.141. The number of carboxylic acids is 1. The third-order valence-electron chi connectivity index (χ3n) is 4.18. The van der Waals surface area contributed by atoms with E-state index in [-0.39, 0.29) is 11.7 Å². The number of carbonyl (C=O) groups is 2. The van der Waals surface area contributed by atoms with Crippen LogP contribution < -0.4 is 0 Å². The van der Waals surface area contributed by atoms with Crippen molar-refractivity contribution in [2.75, 3.05) is 0 Å². The monoisotopic (exact) mass is 342 g/mol. The van der Waals surface area contributed by atoms with Gasteiger partial charge in [0.25, 0.3) is 0 Å². The molecule has 0 heterocycles. The number of hydrogen-bond donors (Lipinski definition) is 3. The average Bonchev–Trinajstić information content (AvgIpc) is 2.55. The van der Waals surface area contributed by atoms with Crippen LogP contribution in [0.2, 0.25) is 0 Å². The Balaban J connectivity index is 3.77. The number of rotatable bonds is 15. The molecule has 3 N–H and O–H groups in total. The van der Waals surface area contributed by atoms with Gasteiger partial charge in [0.15, 0.2) is 5.78 Å². The minimum Gasteiger partial charge on any atom is -0.481 e. The Morgan fingerprint density at radius 1 is 0.917 bits per heavy atom. The topological polar surface area (TPSA) is 94.8 Å². The largest absolute Gasteiger partial charge is 0.481 e. The predicted molar refractivity (Wildman–Crippen MR) is 94.8 cm³/mol. The standard InChI is InChI=1S/C19H34O5/c1-3-4-7-11-16(20)13-14-18(22)17(21)12-9-6-5-8-10-15(2)19(23)24/h13-16,18,20,22H,3-12H2,1-2H3,(H,23,24)/b14-13+. The van der Waals surface area contributed by atoms with Gasteiger partial charge in [-0.3, -0.25) is 9.59 Å². The number of carbonyl (C=O) groups excluding carboxylic acids is 1. The lowest BCUT2D eigenvalue weighted by Gasteiger charge is -2.08. The molecule has 0 aromatic carbocycles. The zero-order chi connectivity index (χ0) is 18.4. The third kappa shape index (κ3) is 12.3. The Morgan fingerprint density at radius 3 is 2.17 bits per heavy atom. The van der Waals surface area contributed by atoms with Crippen LogP contribution in [0, 0.1) is 5.92 Å². The van der Waals surface area contributed by atoms with Crippen molar-refractivity contribution >= 4 is 11.8 Å². The van der Waals surface area contributed by atoms with Gasteiger partial charge in [-0.1, -0.05) is 64.5 Å². The minimum absolute atomic E-state index is 0.231. The molecule has 0 radical (unpaired) electrons. The Bertz CT molecular complexity index is 378. The highest BCUT2D eigenvalue weighted by Gasteiger charge is 2.12. The summed E-state index contributed by atoms with van der Waals surface area (Å²) < 4.78 is 0. The van der Waals surface area contributed by atoms with E-state index in [1.165, 1.54) is 12.2 Å². The highest BCUT2D eigenvalue weighted by Crippen LogP contribution is 2.12. The van der Waals surface area contributed by atoms with Crippen molar-refractivity contribution < 1.29 is 24.9 Å². The molecule has 0 aliphatic carbocycles. The Hall–Kier alpha value is -1.20. The number of aliphatic hydroxyl groups excluding tert-OH is 2. The van der Waals surface area contributed by atoms with Gasteiger partial charge in [0.05, 0.1) is 12.0 Å². The van der Waals surface area contributed by atoms with Crippen molar-refractivity contribution in [1.82, 2.24) is 0 Å². The molecule has 0 fully saturated rings. The summed E-state index contributed by atoms with van der Waals surface area (Å²) in [6.45, 7) is 3.79. The second-order valence-corrected chi connectivity index (χ2v) is 6.55. The molecule has 3 unspecified atom stereocenters. The molecule has 0 aromatic heterocycles. The predicted octanol–water partition coefficient (Wildman–Crippen LogP) is 3.48. The van der Waals surface area contributed by atoms with Crippen LogP contribution in [0.1, 0.15) is 78.1 Å². The lowest BCUT2D eigenvalue weighted by Crippen LogP contribution is -2.18. The molecule has 0 aromatic rings. The van der Waals surface area contributed by atoms with Gasteiger partial charge >= 0.3 is 5.97 Å². The van der Waals surface area contributed by atoms with Crippen LogP contribution in [-0.4, -0.2) is 39.3 Å². The van der Waals surface area contributed by atoms with Crippen molar-refractivity contribution in [1.29, 1.82) is 0 Å². The van der Waals surface area contributed by atoms with Gasteiger partial charge in [0, 0.05) is 6.42 Å². The fourth-order valence-corrected chi connectivity index (χ4v) is 2.42. The van der Waals surface area contributed by atoms with E-state index in [1.54, 1.807) is 6.92 Å². The zero-order valence-electron chi connectivity index (χ0n) is 15.1. The van der Waals surface area contributed by atoms with Crippen molar-refractivity contribution in [3.63, 3.8) is 0 Å². The van der Waals surface area contributed by atoms with E-state index in [0.29, 0.717) is 25.7 Å². The van der Waals surface area contributed by atoms with E-state index in [0.717, 1.165) is 38.5 Å². The van der Waals surface area contributed by atoms with Gasteiger partial charge in [-0.25, -0.2) is 0 Å². The summed E-state index contributed by atoms with van der Waals surface area (Å²) in [5, 5.41) is 28.2. The van der Waals surface area contributed by atoms with E-state index in [4.69, 9.17) is 5.11 Å². The van der Waals surface area contributed by atoms with Gasteiger partial charge in [0.2, 0.25) is 0 Å². The van der Waals surface area contributed by atoms with Gasteiger partial charge in [-0.05, 0) is 19.3 Å². The molecule has 0 spiro atoms. The molecule has 0 rings (SSSR count). The fraction of sp³-hybridized carbons (Fsp3) is 0.789. The molecule has 0 saturated heterocycles. The lowest BCUT2D eigenvalue weighted by atomic mass is 10.0. The van der Waals surface area contributed by atoms with Crippen molar-refractivity contribution in [3.05, 3.63) is 12.2 Å². The van der Waals surface area contributed by atoms with E-state index >= 15 is 0 Å². The second-order valence-electron chi connectivity index (χ2n) is 6.55. The van der Waals surface area contributed by atoms with E-state index in [1.807, 2.05) is 0 Å². The summed E-state index contributed by atoms with van der Waals surface area (Å²) in [7, 11) is 0. The maximum atomic E-state index is 11.8. The van der Waals surface area contributed by atoms with Crippen LogP contribution in [0.25, 0.3) is 0 Å². The molecule has 140 valence electrons. The van der Waals surface area contributed by atoms with Crippen LogP contribution in [0.15, 0.2) is 12.2 Å². The van der Waals surface area contributed by atoms with Gasteiger partial charge in [0.1, 0.15) is 6.10 Å². The molecule has 0 aliphatic heterocycles. The summed E-state index contributed by atoms with van der Waals surface area (Å²) in [5.74, 6) is -1.31. The zero-order valence-corrected chi connectivity index (χ0v) is 15.1. The summed E-state index contributed by atoms with van der Waals surface area (Å²) >= 11 is 0. The maximum absolute atomic E-state index is 11.8. The Kier molecular flexibility index (Phi) is 13.5. The number of Topliss-reactive ketones (excluding diaryl/α,β-unsaturated/α-hetero) is 1. The number of ketones is 1. The second kappa shape index (κ2) is 14.2. The number of unbranched alkanes of at least 4 members (excludes halogenated alkanes) is 5. The van der Waals surface area contributed by atoms with Gasteiger partial charge in [-0.15, -0.1) is 0 Å². The molecule has 0 amide bonds. The minimum atomic E-state index is -1.14. The molecular formula is C19H34O5. The first kappa shape index (κ1) is 22.8. The number of aliphatic hydroxyl groups is 2. The first-order chi connectivity index (χ1) is 11.4. The van der Waals surface area contributed by atoms with Crippen molar-refractivity contribution in [2.24, 2.45) is 5.92 Å². The van der Waals surface area contributed by atoms with E-state index < -0.39 is 18.2 Å². The molecule has 5 heteroatoms. The van der Waals surface area contributed by atoms with Crippen LogP contribution in [0.5, 0.6) is 0 Å². The maximum Gasteiger partial charge on any atom is 0.306 e. The van der Waals surface area contributed by atoms with E-state index in [9.17, 15) is 19.8 Å². The normalized spacial score (nSPS) is 15.3. The summed E-state index contributed by atoms with van der Waals surface area (Å²) in [4.78, 5) is 22.5. The van der Waals surface area contributed by atoms with Gasteiger partial charge < -0.3 is 15.3 Å². The molecule has 0 saturated carbocycles. The Labute approximate surface area is 145 Å². The smallest absolute Gasteiger partial charge is 0.306 e. The van der Waals surface area contributed by atoms with E-state index in [2.05, 4.69) is 6.92 Å². The summed E-state index contributed by atoms with van der Waals surface area (Å²) in [5.41, 5.74) is 0. The van der Waals surface area contributed by atoms with Crippen LogP contribution in [0.3, 0.4) is 0 Å².